The van der Waals surface area contributed by atoms with Crippen molar-refractivity contribution in [3.05, 3.63) is 53.0 Å². The van der Waals surface area contributed by atoms with E-state index in [1.807, 2.05) is 25.1 Å². The molecule has 0 spiro atoms. The summed E-state index contributed by atoms with van der Waals surface area (Å²) in [6, 6.07) is 7.95. The third-order valence-corrected chi connectivity index (χ3v) is 3.50. The van der Waals surface area contributed by atoms with Gasteiger partial charge in [0.25, 0.3) is 0 Å². The molecule has 0 saturated carbocycles. The van der Waals surface area contributed by atoms with Gasteiger partial charge in [-0.1, -0.05) is 24.6 Å². The van der Waals surface area contributed by atoms with Gasteiger partial charge in [-0.15, -0.1) is 11.6 Å². The molecule has 1 aromatic heterocycles. The van der Waals surface area contributed by atoms with Gasteiger partial charge in [-0.2, -0.15) is 0 Å². The molecule has 1 atom stereocenters. The van der Waals surface area contributed by atoms with E-state index in [-0.39, 0.29) is 5.38 Å². The fourth-order valence-electron chi connectivity index (χ4n) is 2.08. The number of benzene rings is 1. The van der Waals surface area contributed by atoms with Crippen LogP contribution < -0.4 is 4.74 Å². The molecule has 0 bridgehead atoms. The molecule has 0 aliphatic rings. The zero-order chi connectivity index (χ0) is 13.1. The molecule has 0 radical (unpaired) electrons. The van der Waals surface area contributed by atoms with Crippen molar-refractivity contribution < 1.29 is 9.15 Å². The molecular weight excluding hydrogens is 248 g/mol. The quantitative estimate of drug-likeness (QED) is 0.760. The van der Waals surface area contributed by atoms with Crippen LogP contribution in [0.1, 0.15) is 34.8 Å². The smallest absolute Gasteiger partial charge is 0.123 e. The van der Waals surface area contributed by atoms with Crippen molar-refractivity contribution >= 4 is 11.6 Å². The maximum absolute atomic E-state index is 6.57. The third-order valence-electron chi connectivity index (χ3n) is 3.03. The standard InChI is InChI=1S/C15H17ClO2/c1-4-13-11(7-8-18-13)15(16)12-9-10(2)5-6-14(12)17-3/h5-9,15H,4H2,1-3H3. The lowest BCUT2D eigenvalue weighted by Crippen LogP contribution is -1.99. The number of ether oxygens (including phenoxy) is 1. The molecule has 18 heavy (non-hydrogen) atoms. The van der Waals surface area contributed by atoms with Crippen LogP contribution in [-0.4, -0.2) is 7.11 Å². The highest BCUT2D eigenvalue weighted by Gasteiger charge is 2.20. The monoisotopic (exact) mass is 264 g/mol. The second kappa shape index (κ2) is 5.49. The lowest BCUT2D eigenvalue weighted by Gasteiger charge is -2.14. The van der Waals surface area contributed by atoms with E-state index in [0.717, 1.165) is 34.6 Å². The Bertz CT molecular complexity index is 531. The number of methoxy groups -OCH3 is 1. The molecule has 0 aliphatic heterocycles. The van der Waals surface area contributed by atoms with E-state index in [0.29, 0.717) is 0 Å². The molecule has 0 fully saturated rings. The Morgan fingerprint density at radius 1 is 1.28 bits per heavy atom. The van der Waals surface area contributed by atoms with Crippen LogP contribution in [0.15, 0.2) is 34.9 Å². The van der Waals surface area contributed by atoms with Crippen molar-refractivity contribution in [1.29, 1.82) is 0 Å². The van der Waals surface area contributed by atoms with Gasteiger partial charge in [0.1, 0.15) is 11.5 Å². The molecule has 0 amide bonds. The second-order valence-electron chi connectivity index (χ2n) is 4.26. The Morgan fingerprint density at radius 2 is 2.06 bits per heavy atom. The predicted molar refractivity (Wildman–Crippen MR) is 73.5 cm³/mol. The minimum absolute atomic E-state index is 0.242. The molecule has 1 aromatic carbocycles. The first-order valence-corrected chi connectivity index (χ1v) is 6.45. The van der Waals surface area contributed by atoms with Crippen molar-refractivity contribution in [2.45, 2.75) is 25.6 Å². The van der Waals surface area contributed by atoms with Gasteiger partial charge in [-0.3, -0.25) is 0 Å². The Labute approximate surface area is 113 Å². The minimum atomic E-state index is -0.242. The van der Waals surface area contributed by atoms with Gasteiger partial charge >= 0.3 is 0 Å². The number of hydrogen-bond donors (Lipinski definition) is 0. The van der Waals surface area contributed by atoms with Crippen LogP contribution in [0.2, 0.25) is 0 Å². The topological polar surface area (TPSA) is 22.4 Å². The second-order valence-corrected chi connectivity index (χ2v) is 4.70. The highest BCUT2D eigenvalue weighted by Crippen LogP contribution is 2.37. The molecule has 0 N–H and O–H groups in total. The van der Waals surface area contributed by atoms with E-state index in [1.54, 1.807) is 13.4 Å². The molecule has 2 rings (SSSR count). The average molecular weight is 265 g/mol. The van der Waals surface area contributed by atoms with Crippen LogP contribution >= 0.6 is 11.6 Å². The van der Waals surface area contributed by atoms with Gasteiger partial charge in [0.05, 0.1) is 18.8 Å². The van der Waals surface area contributed by atoms with E-state index in [9.17, 15) is 0 Å². The number of aryl methyl sites for hydroxylation is 2. The summed E-state index contributed by atoms with van der Waals surface area (Å²) in [5.74, 6) is 1.74. The summed E-state index contributed by atoms with van der Waals surface area (Å²) < 4.78 is 10.8. The molecule has 1 heterocycles. The fourth-order valence-corrected chi connectivity index (χ4v) is 2.45. The molecule has 0 saturated heterocycles. The predicted octanol–water partition coefficient (Wildman–Crippen LogP) is 4.49. The Kier molecular flexibility index (Phi) is 3.97. The maximum Gasteiger partial charge on any atom is 0.123 e. The summed E-state index contributed by atoms with van der Waals surface area (Å²) in [5, 5.41) is -0.242. The van der Waals surface area contributed by atoms with Crippen LogP contribution in [-0.2, 0) is 6.42 Å². The average Bonchev–Trinajstić information content (AvgIpc) is 2.86. The van der Waals surface area contributed by atoms with Gasteiger partial charge in [0.15, 0.2) is 0 Å². The van der Waals surface area contributed by atoms with Crippen LogP contribution in [0.5, 0.6) is 5.75 Å². The Balaban J connectivity index is 2.45. The number of halogens is 1. The lowest BCUT2D eigenvalue weighted by molar-refractivity contribution is 0.410. The van der Waals surface area contributed by atoms with Crippen molar-refractivity contribution in [2.24, 2.45) is 0 Å². The van der Waals surface area contributed by atoms with Crippen molar-refractivity contribution in [2.75, 3.05) is 7.11 Å². The summed E-state index contributed by atoms with van der Waals surface area (Å²) in [5.41, 5.74) is 3.16. The minimum Gasteiger partial charge on any atom is -0.496 e. The number of alkyl halides is 1. The van der Waals surface area contributed by atoms with Gasteiger partial charge in [0.2, 0.25) is 0 Å². The van der Waals surface area contributed by atoms with E-state index < -0.39 is 0 Å². The number of furan rings is 1. The molecule has 2 aromatic rings. The van der Waals surface area contributed by atoms with Crippen LogP contribution in [0.25, 0.3) is 0 Å². The highest BCUT2D eigenvalue weighted by molar-refractivity contribution is 6.22. The first-order chi connectivity index (χ1) is 8.67. The SMILES string of the molecule is CCc1occc1C(Cl)c1cc(C)ccc1OC. The van der Waals surface area contributed by atoms with E-state index >= 15 is 0 Å². The van der Waals surface area contributed by atoms with Crippen LogP contribution in [0, 0.1) is 6.92 Å². The van der Waals surface area contributed by atoms with Gasteiger partial charge in [-0.25, -0.2) is 0 Å². The van der Waals surface area contributed by atoms with Crippen molar-refractivity contribution in [3.63, 3.8) is 0 Å². The Hall–Kier alpha value is -1.41. The summed E-state index contributed by atoms with van der Waals surface area (Å²) >= 11 is 6.57. The largest absolute Gasteiger partial charge is 0.496 e. The summed E-state index contributed by atoms with van der Waals surface area (Å²) in [6.45, 7) is 4.10. The van der Waals surface area contributed by atoms with E-state index in [1.165, 1.54) is 0 Å². The third kappa shape index (κ3) is 2.39. The molecular formula is C15H17ClO2. The zero-order valence-electron chi connectivity index (χ0n) is 10.9. The molecule has 3 heteroatoms. The summed E-state index contributed by atoms with van der Waals surface area (Å²) in [6.07, 6.45) is 2.52. The Morgan fingerprint density at radius 3 is 2.72 bits per heavy atom. The number of hydrogen-bond acceptors (Lipinski definition) is 2. The summed E-state index contributed by atoms with van der Waals surface area (Å²) in [4.78, 5) is 0. The van der Waals surface area contributed by atoms with Crippen molar-refractivity contribution in [1.82, 2.24) is 0 Å². The van der Waals surface area contributed by atoms with Crippen LogP contribution in [0.3, 0.4) is 0 Å². The van der Waals surface area contributed by atoms with Crippen molar-refractivity contribution in [3.8, 4) is 5.75 Å². The van der Waals surface area contributed by atoms with E-state index in [4.69, 9.17) is 20.8 Å². The molecule has 0 aliphatic carbocycles. The first kappa shape index (κ1) is 13.0. The fraction of sp³-hybridized carbons (Fsp3) is 0.333. The normalized spacial score (nSPS) is 12.4. The number of rotatable bonds is 4. The van der Waals surface area contributed by atoms with Gasteiger partial charge < -0.3 is 9.15 Å². The molecule has 96 valence electrons. The lowest BCUT2D eigenvalue weighted by atomic mass is 10.0. The highest BCUT2D eigenvalue weighted by atomic mass is 35.5. The summed E-state index contributed by atoms with van der Waals surface area (Å²) in [7, 11) is 1.66. The maximum atomic E-state index is 6.57. The van der Waals surface area contributed by atoms with Gasteiger partial charge in [0, 0.05) is 17.5 Å². The molecule has 2 nitrogen and oxygen atoms in total. The zero-order valence-corrected chi connectivity index (χ0v) is 11.6. The molecule has 1 unspecified atom stereocenters. The first-order valence-electron chi connectivity index (χ1n) is 6.02. The van der Waals surface area contributed by atoms with Gasteiger partial charge in [-0.05, 0) is 19.1 Å². The van der Waals surface area contributed by atoms with E-state index in [2.05, 4.69) is 13.0 Å². The van der Waals surface area contributed by atoms with Crippen LogP contribution in [0.4, 0.5) is 0 Å².